The fraction of sp³-hybridized carbons (Fsp3) is 0.421. The number of nitrogens with one attached hydrogen (secondary N) is 1. The molecule has 0 spiro atoms. The van der Waals surface area contributed by atoms with Crippen LogP contribution < -0.4 is 5.32 Å². The van der Waals surface area contributed by atoms with Crippen molar-refractivity contribution in [3.63, 3.8) is 0 Å². The van der Waals surface area contributed by atoms with Gasteiger partial charge >= 0.3 is 5.97 Å². The van der Waals surface area contributed by atoms with Crippen molar-refractivity contribution in [1.29, 1.82) is 0 Å². The third kappa shape index (κ3) is 4.07. The average Bonchev–Trinajstić information content (AvgIpc) is 3.38. The van der Waals surface area contributed by atoms with Crippen LogP contribution in [0.3, 0.4) is 0 Å². The molecule has 1 N–H and O–H groups in total. The Bertz CT molecular complexity index is 751. The molecule has 1 aliphatic rings. The van der Waals surface area contributed by atoms with E-state index in [1.54, 1.807) is 17.7 Å². The van der Waals surface area contributed by atoms with E-state index in [4.69, 9.17) is 4.74 Å². The summed E-state index contributed by atoms with van der Waals surface area (Å²) in [6, 6.07) is 11.2. The Morgan fingerprint density at radius 2 is 2.04 bits per heavy atom. The summed E-state index contributed by atoms with van der Waals surface area (Å²) < 4.78 is 6.96. The molecule has 6 nitrogen and oxygen atoms in total. The Hall–Kier alpha value is -2.63. The van der Waals surface area contributed by atoms with Crippen LogP contribution in [-0.4, -0.2) is 34.3 Å². The largest absolute Gasteiger partial charge is 0.448 e. The van der Waals surface area contributed by atoms with Gasteiger partial charge in [0.05, 0.1) is 11.4 Å². The Kier molecular flexibility index (Phi) is 5.16. The topological polar surface area (TPSA) is 73.2 Å². The van der Waals surface area contributed by atoms with Gasteiger partial charge in [-0.25, -0.2) is 9.48 Å². The van der Waals surface area contributed by atoms with Crippen LogP contribution in [0.15, 0.2) is 36.4 Å². The molecule has 1 aromatic carbocycles. The molecule has 1 saturated carbocycles. The lowest BCUT2D eigenvalue weighted by Gasteiger charge is -2.13. The molecule has 1 fully saturated rings. The zero-order chi connectivity index (χ0) is 17.8. The molecule has 6 heteroatoms. The second kappa shape index (κ2) is 7.51. The van der Waals surface area contributed by atoms with Gasteiger partial charge in [0.1, 0.15) is 0 Å². The Morgan fingerprint density at radius 1 is 1.32 bits per heavy atom. The molecule has 25 heavy (non-hydrogen) atoms. The van der Waals surface area contributed by atoms with E-state index in [-0.39, 0.29) is 5.91 Å². The van der Waals surface area contributed by atoms with Crippen LogP contribution in [-0.2, 0) is 9.53 Å². The number of hydrogen-bond donors (Lipinski definition) is 1. The molecular formula is C19H23N3O3. The second-order valence-corrected chi connectivity index (χ2v) is 6.31. The highest BCUT2D eigenvalue weighted by molar-refractivity contribution is 5.91. The molecule has 0 saturated heterocycles. The standard InChI is InChI=1S/C19H23N3O3/c1-3-11-20-18(23)13(2)25-19(24)17-12-16(14-9-10-14)21-22(17)15-7-5-4-6-8-15/h4-8,12-14H,3,9-11H2,1-2H3,(H,20,23)/t13-/m0/s1. The maximum Gasteiger partial charge on any atom is 0.357 e. The molecule has 1 amide bonds. The van der Waals surface area contributed by atoms with Crippen LogP contribution in [0.4, 0.5) is 0 Å². The van der Waals surface area contributed by atoms with Gasteiger partial charge in [0.15, 0.2) is 11.8 Å². The summed E-state index contributed by atoms with van der Waals surface area (Å²) in [7, 11) is 0. The molecule has 0 unspecified atom stereocenters. The van der Waals surface area contributed by atoms with Crippen molar-refractivity contribution in [2.24, 2.45) is 0 Å². The van der Waals surface area contributed by atoms with E-state index in [9.17, 15) is 9.59 Å². The zero-order valence-electron chi connectivity index (χ0n) is 14.6. The van der Waals surface area contributed by atoms with Crippen molar-refractivity contribution in [3.8, 4) is 5.69 Å². The maximum absolute atomic E-state index is 12.6. The first-order valence-electron chi connectivity index (χ1n) is 8.74. The van der Waals surface area contributed by atoms with Crippen LogP contribution in [0.2, 0.25) is 0 Å². The van der Waals surface area contributed by atoms with Crippen molar-refractivity contribution < 1.29 is 14.3 Å². The van der Waals surface area contributed by atoms with Gasteiger partial charge in [0.25, 0.3) is 5.91 Å². The van der Waals surface area contributed by atoms with E-state index in [0.717, 1.165) is 30.6 Å². The number of rotatable bonds is 7. The number of para-hydroxylation sites is 1. The molecular weight excluding hydrogens is 318 g/mol. The van der Waals surface area contributed by atoms with Gasteiger partial charge in [-0.2, -0.15) is 5.10 Å². The molecule has 3 rings (SSSR count). The van der Waals surface area contributed by atoms with Crippen LogP contribution in [0.5, 0.6) is 0 Å². The van der Waals surface area contributed by atoms with E-state index in [1.807, 2.05) is 37.3 Å². The zero-order valence-corrected chi connectivity index (χ0v) is 14.6. The third-order valence-corrected chi connectivity index (χ3v) is 4.14. The van der Waals surface area contributed by atoms with Gasteiger partial charge in [-0.3, -0.25) is 4.79 Å². The quantitative estimate of drug-likeness (QED) is 0.786. The SMILES string of the molecule is CCCNC(=O)[C@H](C)OC(=O)c1cc(C2CC2)nn1-c1ccccc1. The fourth-order valence-corrected chi connectivity index (χ4v) is 2.56. The summed E-state index contributed by atoms with van der Waals surface area (Å²) in [5.74, 6) is -0.410. The molecule has 2 aromatic rings. The molecule has 1 atom stereocenters. The first-order chi connectivity index (χ1) is 12.1. The first kappa shape index (κ1) is 17.2. The third-order valence-electron chi connectivity index (χ3n) is 4.14. The van der Waals surface area contributed by atoms with Gasteiger partial charge in [0, 0.05) is 12.5 Å². The number of esters is 1. The molecule has 0 bridgehead atoms. The van der Waals surface area contributed by atoms with E-state index in [2.05, 4.69) is 10.4 Å². The first-order valence-corrected chi connectivity index (χ1v) is 8.74. The number of ether oxygens (including phenoxy) is 1. The van der Waals surface area contributed by atoms with Gasteiger partial charge in [0.2, 0.25) is 0 Å². The molecule has 132 valence electrons. The van der Waals surface area contributed by atoms with E-state index < -0.39 is 12.1 Å². The average molecular weight is 341 g/mol. The fourth-order valence-electron chi connectivity index (χ4n) is 2.56. The normalized spacial score (nSPS) is 14.8. The summed E-state index contributed by atoms with van der Waals surface area (Å²) in [6.07, 6.45) is 2.17. The molecule has 0 radical (unpaired) electrons. The van der Waals surface area contributed by atoms with Crippen molar-refractivity contribution in [2.75, 3.05) is 6.54 Å². The van der Waals surface area contributed by atoms with Gasteiger partial charge in [-0.15, -0.1) is 0 Å². The van der Waals surface area contributed by atoms with Gasteiger partial charge in [-0.1, -0.05) is 25.1 Å². The number of aromatic nitrogens is 2. The molecule has 1 aromatic heterocycles. The summed E-state index contributed by atoms with van der Waals surface area (Å²) in [5.41, 5.74) is 2.05. The van der Waals surface area contributed by atoms with Gasteiger partial charge < -0.3 is 10.1 Å². The number of carbonyl (C=O) groups is 2. The highest BCUT2D eigenvalue weighted by Gasteiger charge is 2.30. The van der Waals surface area contributed by atoms with Crippen LogP contribution >= 0.6 is 0 Å². The highest BCUT2D eigenvalue weighted by Crippen LogP contribution is 2.39. The van der Waals surface area contributed by atoms with Crippen molar-refractivity contribution in [3.05, 3.63) is 47.8 Å². The number of benzene rings is 1. The number of amides is 1. The van der Waals surface area contributed by atoms with Crippen molar-refractivity contribution in [1.82, 2.24) is 15.1 Å². The van der Waals surface area contributed by atoms with Crippen LogP contribution in [0.1, 0.15) is 55.2 Å². The van der Waals surface area contributed by atoms with Crippen LogP contribution in [0.25, 0.3) is 5.69 Å². The Balaban J connectivity index is 1.80. The summed E-state index contributed by atoms with van der Waals surface area (Å²) in [4.78, 5) is 24.6. The van der Waals surface area contributed by atoms with Crippen molar-refractivity contribution in [2.45, 2.75) is 45.1 Å². The Labute approximate surface area is 147 Å². The van der Waals surface area contributed by atoms with E-state index >= 15 is 0 Å². The van der Waals surface area contributed by atoms with E-state index in [1.165, 1.54) is 0 Å². The maximum atomic E-state index is 12.6. The summed E-state index contributed by atoms with van der Waals surface area (Å²) >= 11 is 0. The predicted octanol–water partition coefficient (Wildman–Crippen LogP) is 2.82. The Morgan fingerprint density at radius 3 is 2.68 bits per heavy atom. The predicted molar refractivity (Wildman–Crippen MR) is 93.7 cm³/mol. The van der Waals surface area contributed by atoms with Crippen LogP contribution in [0, 0.1) is 0 Å². The van der Waals surface area contributed by atoms with E-state index in [0.29, 0.717) is 18.2 Å². The van der Waals surface area contributed by atoms with Crippen molar-refractivity contribution >= 4 is 11.9 Å². The summed E-state index contributed by atoms with van der Waals surface area (Å²) in [5, 5.41) is 7.31. The lowest BCUT2D eigenvalue weighted by atomic mass is 10.2. The number of nitrogens with zero attached hydrogens (tertiary/aromatic N) is 2. The molecule has 1 aliphatic carbocycles. The monoisotopic (exact) mass is 341 g/mol. The highest BCUT2D eigenvalue weighted by atomic mass is 16.5. The molecule has 1 heterocycles. The van der Waals surface area contributed by atoms with Gasteiger partial charge in [-0.05, 0) is 44.4 Å². The number of carbonyl (C=O) groups excluding carboxylic acids is 2. The smallest absolute Gasteiger partial charge is 0.357 e. The summed E-state index contributed by atoms with van der Waals surface area (Å²) in [6.45, 7) is 4.11. The molecule has 0 aliphatic heterocycles. The minimum absolute atomic E-state index is 0.289. The lowest BCUT2D eigenvalue weighted by molar-refractivity contribution is -0.129. The minimum atomic E-state index is -0.845. The minimum Gasteiger partial charge on any atom is -0.448 e. The lowest BCUT2D eigenvalue weighted by Crippen LogP contribution is -2.36. The number of hydrogen-bond acceptors (Lipinski definition) is 4. The second-order valence-electron chi connectivity index (χ2n) is 6.31.